The molecule has 27 heavy (non-hydrogen) atoms. The highest BCUT2D eigenvalue weighted by Crippen LogP contribution is 2.66. The van der Waals surface area contributed by atoms with Gasteiger partial charge in [-0.05, 0) is 81.1 Å². The fraction of sp³-hybridized carbons (Fsp3) is 0.696. The molecule has 2 N–H and O–H groups in total. The number of likely N-dealkylation sites (tertiary alicyclic amines) is 1. The van der Waals surface area contributed by atoms with Gasteiger partial charge in [0.15, 0.2) is 0 Å². The van der Waals surface area contributed by atoms with Gasteiger partial charge in [-0.25, -0.2) is 0 Å². The Kier molecular flexibility index (Phi) is 4.83. The molecule has 6 rings (SSSR count). The average Bonchev–Trinajstić information content (AvgIpc) is 2.61. The Balaban J connectivity index is 0.00000180. The summed E-state index contributed by atoms with van der Waals surface area (Å²) in [5, 5.41) is 0. The van der Waals surface area contributed by atoms with Crippen LogP contribution >= 0.6 is 12.4 Å². The molecule has 1 aliphatic heterocycles. The molecule has 4 saturated carbocycles. The monoisotopic (exact) mass is 388 g/mol. The Morgan fingerprint density at radius 3 is 2.22 bits per heavy atom. The second-order valence-corrected chi connectivity index (χ2v) is 10.0. The minimum atomic E-state index is -0.0869. The van der Waals surface area contributed by atoms with Crippen LogP contribution in [0.1, 0.15) is 62.5 Å². The average molecular weight is 389 g/mol. The normalized spacial score (nSPS) is 37.9. The number of benzene rings is 1. The fourth-order valence-corrected chi connectivity index (χ4v) is 7.20. The van der Waals surface area contributed by atoms with E-state index in [0.29, 0.717) is 5.91 Å². The van der Waals surface area contributed by atoms with Gasteiger partial charge in [-0.3, -0.25) is 4.79 Å². The number of hydrogen-bond donors (Lipinski definition) is 1. The lowest BCUT2D eigenvalue weighted by Gasteiger charge is -2.62. The van der Waals surface area contributed by atoms with E-state index in [-0.39, 0.29) is 29.3 Å². The van der Waals surface area contributed by atoms with Crippen LogP contribution in [-0.4, -0.2) is 29.9 Å². The van der Waals surface area contributed by atoms with Crippen LogP contribution in [0.5, 0.6) is 0 Å². The molecule has 3 nitrogen and oxygen atoms in total. The van der Waals surface area contributed by atoms with Gasteiger partial charge in [-0.15, -0.1) is 12.4 Å². The third kappa shape index (κ3) is 3.11. The molecule has 2 atom stereocenters. The molecular formula is C23H33ClN2O. The molecule has 1 aromatic carbocycles. The van der Waals surface area contributed by atoms with Crippen LogP contribution in [0.15, 0.2) is 24.3 Å². The number of rotatable bonds is 2. The summed E-state index contributed by atoms with van der Waals surface area (Å²) in [7, 11) is 0. The first-order valence-corrected chi connectivity index (χ1v) is 10.6. The highest BCUT2D eigenvalue weighted by molar-refractivity contribution is 5.85. The van der Waals surface area contributed by atoms with E-state index in [0.717, 1.165) is 57.0 Å². The molecule has 2 unspecified atom stereocenters. The number of nitrogens with two attached hydrogens (primary N) is 1. The van der Waals surface area contributed by atoms with Gasteiger partial charge in [0.05, 0.1) is 5.41 Å². The van der Waals surface area contributed by atoms with E-state index in [2.05, 4.69) is 36.1 Å². The zero-order chi connectivity index (χ0) is 17.9. The highest BCUT2D eigenvalue weighted by atomic mass is 35.5. The first kappa shape index (κ1) is 19.3. The zero-order valence-corrected chi connectivity index (χ0v) is 17.3. The van der Waals surface area contributed by atoms with Crippen molar-refractivity contribution in [3.63, 3.8) is 0 Å². The number of amides is 1. The molecule has 5 fully saturated rings. The standard InChI is InChI=1S/C23H32N2O.ClH/c1-16-2-4-19(5-3-16)22-11-17-10-18(12-22)14-23(13-17,15-22)21(26)25-8-6-20(24)7-9-25;/h2-5,17-18,20H,6-15,24H2,1H3;1H. The van der Waals surface area contributed by atoms with Crippen molar-refractivity contribution in [2.75, 3.05) is 13.1 Å². The van der Waals surface area contributed by atoms with Crippen molar-refractivity contribution in [2.45, 2.75) is 69.7 Å². The molecule has 1 saturated heterocycles. The van der Waals surface area contributed by atoms with Gasteiger partial charge in [0.1, 0.15) is 0 Å². The summed E-state index contributed by atoms with van der Waals surface area (Å²) >= 11 is 0. The van der Waals surface area contributed by atoms with E-state index in [1.165, 1.54) is 30.4 Å². The van der Waals surface area contributed by atoms with E-state index >= 15 is 0 Å². The maximum Gasteiger partial charge on any atom is 0.228 e. The van der Waals surface area contributed by atoms with E-state index in [9.17, 15) is 4.79 Å². The van der Waals surface area contributed by atoms with Gasteiger partial charge in [0, 0.05) is 19.1 Å². The summed E-state index contributed by atoms with van der Waals surface area (Å²) in [6, 6.07) is 9.50. The molecule has 4 heteroatoms. The predicted octanol–water partition coefficient (Wildman–Crippen LogP) is 4.20. The second-order valence-electron chi connectivity index (χ2n) is 10.0. The largest absolute Gasteiger partial charge is 0.342 e. The smallest absolute Gasteiger partial charge is 0.228 e. The van der Waals surface area contributed by atoms with E-state index in [1.54, 1.807) is 0 Å². The fourth-order valence-electron chi connectivity index (χ4n) is 7.20. The van der Waals surface area contributed by atoms with Crippen molar-refractivity contribution >= 4 is 18.3 Å². The molecule has 1 heterocycles. The van der Waals surface area contributed by atoms with Crippen molar-refractivity contribution in [1.82, 2.24) is 4.90 Å². The summed E-state index contributed by atoms with van der Waals surface area (Å²) in [4.78, 5) is 15.8. The lowest BCUT2D eigenvalue weighted by molar-refractivity contribution is -0.161. The number of piperidine rings is 1. The highest BCUT2D eigenvalue weighted by Gasteiger charge is 2.61. The van der Waals surface area contributed by atoms with Gasteiger partial charge in [-0.1, -0.05) is 29.8 Å². The zero-order valence-electron chi connectivity index (χ0n) is 16.5. The lowest BCUT2D eigenvalue weighted by Crippen LogP contribution is -2.60. The van der Waals surface area contributed by atoms with Gasteiger partial charge in [-0.2, -0.15) is 0 Å². The summed E-state index contributed by atoms with van der Waals surface area (Å²) in [5.41, 5.74) is 9.06. The minimum absolute atomic E-state index is 0. The number of halogens is 1. The quantitative estimate of drug-likeness (QED) is 0.825. The number of carbonyl (C=O) groups is 1. The van der Waals surface area contributed by atoms with Crippen LogP contribution in [-0.2, 0) is 10.2 Å². The third-order valence-electron chi connectivity index (χ3n) is 8.01. The number of aryl methyl sites for hydroxylation is 1. The maximum atomic E-state index is 13.7. The molecule has 4 bridgehead atoms. The molecule has 0 radical (unpaired) electrons. The van der Waals surface area contributed by atoms with E-state index in [4.69, 9.17) is 5.73 Å². The summed E-state index contributed by atoms with van der Waals surface area (Å²) in [6.07, 6.45) is 9.25. The molecular weight excluding hydrogens is 356 g/mol. The van der Waals surface area contributed by atoms with Gasteiger partial charge >= 0.3 is 0 Å². The Morgan fingerprint density at radius 1 is 1.04 bits per heavy atom. The maximum absolute atomic E-state index is 13.7. The topological polar surface area (TPSA) is 46.3 Å². The Morgan fingerprint density at radius 2 is 1.63 bits per heavy atom. The van der Waals surface area contributed by atoms with Crippen molar-refractivity contribution < 1.29 is 4.79 Å². The van der Waals surface area contributed by atoms with Gasteiger partial charge < -0.3 is 10.6 Å². The SMILES string of the molecule is Cc1ccc(C23CC4CC(CC(C(=O)N5CCC(N)CC5)(C4)C2)C3)cc1.Cl. The Bertz CT molecular complexity index is 694. The van der Waals surface area contributed by atoms with Crippen molar-refractivity contribution in [3.05, 3.63) is 35.4 Å². The third-order valence-corrected chi connectivity index (χ3v) is 8.01. The number of hydrogen-bond acceptors (Lipinski definition) is 2. The number of nitrogens with zero attached hydrogens (tertiary/aromatic N) is 1. The lowest BCUT2D eigenvalue weighted by atomic mass is 9.42. The van der Waals surface area contributed by atoms with Crippen LogP contribution < -0.4 is 5.73 Å². The second kappa shape index (κ2) is 6.77. The van der Waals surface area contributed by atoms with Gasteiger partial charge in [0.25, 0.3) is 0 Å². The van der Waals surface area contributed by atoms with Crippen molar-refractivity contribution in [1.29, 1.82) is 0 Å². The number of carbonyl (C=O) groups excluding carboxylic acids is 1. The molecule has 0 spiro atoms. The summed E-state index contributed by atoms with van der Waals surface area (Å²) in [5.74, 6) is 1.96. The van der Waals surface area contributed by atoms with Crippen LogP contribution in [0.25, 0.3) is 0 Å². The van der Waals surface area contributed by atoms with E-state index in [1.807, 2.05) is 0 Å². The van der Waals surface area contributed by atoms with Crippen LogP contribution in [0.2, 0.25) is 0 Å². The van der Waals surface area contributed by atoms with Crippen molar-refractivity contribution in [3.8, 4) is 0 Å². The van der Waals surface area contributed by atoms with E-state index < -0.39 is 0 Å². The summed E-state index contributed by atoms with van der Waals surface area (Å²) < 4.78 is 0. The summed E-state index contributed by atoms with van der Waals surface area (Å²) in [6.45, 7) is 3.90. The van der Waals surface area contributed by atoms with Gasteiger partial charge in [0.2, 0.25) is 5.91 Å². The molecule has 4 aliphatic carbocycles. The minimum Gasteiger partial charge on any atom is -0.342 e. The first-order valence-electron chi connectivity index (χ1n) is 10.6. The molecule has 0 aromatic heterocycles. The van der Waals surface area contributed by atoms with Crippen LogP contribution in [0.3, 0.4) is 0 Å². The Labute approximate surface area is 169 Å². The van der Waals surface area contributed by atoms with Crippen molar-refractivity contribution in [2.24, 2.45) is 23.0 Å². The Hall–Kier alpha value is -1.06. The predicted molar refractivity (Wildman–Crippen MR) is 111 cm³/mol. The molecule has 5 aliphatic rings. The molecule has 1 aromatic rings. The first-order chi connectivity index (χ1) is 12.5. The molecule has 1 amide bonds. The van der Waals surface area contributed by atoms with Crippen LogP contribution in [0, 0.1) is 24.2 Å². The van der Waals surface area contributed by atoms with Crippen LogP contribution in [0.4, 0.5) is 0 Å². The molecule has 148 valence electrons.